The predicted octanol–water partition coefficient (Wildman–Crippen LogP) is 1.58. The Morgan fingerprint density at radius 1 is 1.15 bits per heavy atom. The zero-order valence-electron chi connectivity index (χ0n) is 11.5. The number of ether oxygens (including phenoxy) is 1. The molecule has 1 aromatic rings. The lowest BCUT2D eigenvalue weighted by Gasteiger charge is -2.15. The third kappa shape index (κ3) is 2.64. The summed E-state index contributed by atoms with van der Waals surface area (Å²) < 4.78 is 5.48. The highest BCUT2D eigenvalue weighted by molar-refractivity contribution is 6.04. The number of carbonyl (C=O) groups excluding carboxylic acids is 2. The number of amides is 2. The Morgan fingerprint density at radius 3 is 2.20 bits per heavy atom. The van der Waals surface area contributed by atoms with Crippen LogP contribution in [0.25, 0.3) is 0 Å². The van der Waals surface area contributed by atoms with Crippen molar-refractivity contribution in [2.75, 3.05) is 13.2 Å². The van der Waals surface area contributed by atoms with E-state index in [0.717, 1.165) is 0 Å². The molecular formula is C15H16N2O3. The van der Waals surface area contributed by atoms with Crippen LogP contribution in [0.15, 0.2) is 24.3 Å². The van der Waals surface area contributed by atoms with Crippen molar-refractivity contribution in [2.24, 2.45) is 11.8 Å². The van der Waals surface area contributed by atoms with Crippen molar-refractivity contribution < 1.29 is 14.3 Å². The first-order chi connectivity index (χ1) is 9.54. The normalized spacial score (nSPS) is 21.9. The number of hydrogen-bond acceptors (Lipinski definition) is 4. The number of benzene rings is 1. The van der Waals surface area contributed by atoms with Crippen molar-refractivity contribution in [1.29, 1.82) is 5.26 Å². The van der Waals surface area contributed by atoms with Gasteiger partial charge in [-0.05, 0) is 24.3 Å². The number of nitriles is 1. The lowest BCUT2D eigenvalue weighted by molar-refractivity contribution is -0.140. The Labute approximate surface area is 117 Å². The molecule has 1 saturated heterocycles. The maximum atomic E-state index is 11.9. The van der Waals surface area contributed by atoms with Gasteiger partial charge in [-0.15, -0.1) is 0 Å². The fourth-order valence-corrected chi connectivity index (χ4v) is 2.13. The summed E-state index contributed by atoms with van der Waals surface area (Å²) in [6.07, 6.45) is 0. The van der Waals surface area contributed by atoms with Crippen LogP contribution in [0.2, 0.25) is 0 Å². The molecule has 1 fully saturated rings. The monoisotopic (exact) mass is 272 g/mol. The van der Waals surface area contributed by atoms with Crippen LogP contribution in [0.5, 0.6) is 5.75 Å². The lowest BCUT2D eigenvalue weighted by Crippen LogP contribution is -2.34. The van der Waals surface area contributed by atoms with Gasteiger partial charge in [-0.1, -0.05) is 13.8 Å². The Morgan fingerprint density at radius 2 is 1.70 bits per heavy atom. The molecule has 1 aliphatic heterocycles. The number of imide groups is 1. The van der Waals surface area contributed by atoms with Gasteiger partial charge in [0.25, 0.3) is 0 Å². The van der Waals surface area contributed by atoms with Crippen molar-refractivity contribution in [3.05, 3.63) is 29.8 Å². The van der Waals surface area contributed by atoms with Crippen LogP contribution < -0.4 is 4.74 Å². The van der Waals surface area contributed by atoms with E-state index in [0.29, 0.717) is 11.3 Å². The fraction of sp³-hybridized carbons (Fsp3) is 0.400. The van der Waals surface area contributed by atoms with Gasteiger partial charge in [0.1, 0.15) is 12.4 Å². The van der Waals surface area contributed by atoms with E-state index in [1.54, 1.807) is 38.1 Å². The Balaban J connectivity index is 1.88. The molecule has 0 radical (unpaired) electrons. The molecule has 1 heterocycles. The number of rotatable bonds is 4. The zero-order chi connectivity index (χ0) is 14.7. The van der Waals surface area contributed by atoms with Crippen LogP contribution in [-0.4, -0.2) is 29.9 Å². The molecule has 2 amide bonds. The van der Waals surface area contributed by atoms with E-state index in [2.05, 4.69) is 0 Å². The van der Waals surface area contributed by atoms with Crippen LogP contribution in [0.3, 0.4) is 0 Å². The topological polar surface area (TPSA) is 70.4 Å². The van der Waals surface area contributed by atoms with Gasteiger partial charge in [0, 0.05) is 11.8 Å². The van der Waals surface area contributed by atoms with Gasteiger partial charge in [0.05, 0.1) is 18.2 Å². The molecule has 5 nitrogen and oxygen atoms in total. The fourth-order valence-electron chi connectivity index (χ4n) is 2.13. The van der Waals surface area contributed by atoms with E-state index in [4.69, 9.17) is 10.00 Å². The highest BCUT2D eigenvalue weighted by Gasteiger charge is 2.41. The maximum absolute atomic E-state index is 11.9. The van der Waals surface area contributed by atoms with E-state index in [1.807, 2.05) is 6.07 Å². The smallest absolute Gasteiger partial charge is 0.232 e. The number of carbonyl (C=O) groups is 2. The highest BCUT2D eigenvalue weighted by atomic mass is 16.5. The highest BCUT2D eigenvalue weighted by Crippen LogP contribution is 2.25. The molecule has 1 aromatic carbocycles. The van der Waals surface area contributed by atoms with E-state index < -0.39 is 0 Å². The van der Waals surface area contributed by atoms with E-state index in [9.17, 15) is 9.59 Å². The first-order valence-electron chi connectivity index (χ1n) is 6.52. The molecular weight excluding hydrogens is 256 g/mol. The molecule has 20 heavy (non-hydrogen) atoms. The second-order valence-electron chi connectivity index (χ2n) is 4.89. The molecule has 0 aliphatic carbocycles. The Kier molecular flexibility index (Phi) is 4.04. The quantitative estimate of drug-likeness (QED) is 0.780. The third-order valence-electron chi connectivity index (χ3n) is 3.63. The first kappa shape index (κ1) is 14.1. The van der Waals surface area contributed by atoms with Crippen LogP contribution in [0.4, 0.5) is 0 Å². The third-order valence-corrected chi connectivity index (χ3v) is 3.63. The molecule has 0 bridgehead atoms. The summed E-state index contributed by atoms with van der Waals surface area (Å²) in [4.78, 5) is 25.0. The number of hydrogen-bond donors (Lipinski definition) is 0. The largest absolute Gasteiger partial charge is 0.492 e. The maximum Gasteiger partial charge on any atom is 0.232 e. The first-order valence-corrected chi connectivity index (χ1v) is 6.52. The minimum absolute atomic E-state index is 0.133. The summed E-state index contributed by atoms with van der Waals surface area (Å²) in [6, 6.07) is 8.72. The molecule has 1 aliphatic rings. The average Bonchev–Trinajstić information content (AvgIpc) is 2.65. The van der Waals surface area contributed by atoms with Gasteiger partial charge in [0.2, 0.25) is 11.8 Å². The van der Waals surface area contributed by atoms with Crippen LogP contribution >= 0.6 is 0 Å². The van der Waals surface area contributed by atoms with E-state index >= 15 is 0 Å². The lowest BCUT2D eigenvalue weighted by atomic mass is 10.00. The molecule has 2 atom stereocenters. The van der Waals surface area contributed by atoms with Crippen LogP contribution in [0.1, 0.15) is 19.4 Å². The SMILES string of the molecule is CC1C(=O)N(CCOc2ccc(C#N)cc2)C(=O)C1C. The molecule has 0 aromatic heterocycles. The van der Waals surface area contributed by atoms with Crippen molar-refractivity contribution >= 4 is 11.8 Å². The molecule has 2 unspecified atom stereocenters. The summed E-state index contributed by atoms with van der Waals surface area (Å²) in [5.74, 6) is -0.157. The van der Waals surface area contributed by atoms with Crippen LogP contribution in [0, 0.1) is 23.2 Å². The second-order valence-corrected chi connectivity index (χ2v) is 4.89. The standard InChI is InChI=1S/C15H16N2O3/c1-10-11(2)15(19)17(14(10)18)7-8-20-13-5-3-12(9-16)4-6-13/h3-6,10-11H,7-8H2,1-2H3. The zero-order valence-corrected chi connectivity index (χ0v) is 11.5. The van der Waals surface area contributed by atoms with Gasteiger partial charge in [-0.2, -0.15) is 5.26 Å². The van der Waals surface area contributed by atoms with Crippen molar-refractivity contribution in [2.45, 2.75) is 13.8 Å². The van der Waals surface area contributed by atoms with E-state index in [1.165, 1.54) is 4.90 Å². The van der Waals surface area contributed by atoms with Gasteiger partial charge in [-0.25, -0.2) is 0 Å². The van der Waals surface area contributed by atoms with Crippen molar-refractivity contribution in [3.63, 3.8) is 0 Å². The van der Waals surface area contributed by atoms with E-state index in [-0.39, 0.29) is 36.8 Å². The number of nitrogens with zero attached hydrogens (tertiary/aromatic N) is 2. The Bertz CT molecular complexity index is 539. The molecule has 0 spiro atoms. The predicted molar refractivity (Wildman–Crippen MR) is 71.7 cm³/mol. The second kappa shape index (κ2) is 5.74. The molecule has 0 saturated carbocycles. The van der Waals surface area contributed by atoms with Crippen molar-refractivity contribution in [1.82, 2.24) is 4.90 Å². The van der Waals surface area contributed by atoms with Crippen molar-refractivity contribution in [3.8, 4) is 11.8 Å². The van der Waals surface area contributed by atoms with Gasteiger partial charge in [0.15, 0.2) is 0 Å². The van der Waals surface area contributed by atoms with Crippen LogP contribution in [-0.2, 0) is 9.59 Å². The summed E-state index contributed by atoms with van der Waals surface area (Å²) in [5, 5.41) is 8.68. The Hall–Kier alpha value is -2.35. The molecule has 0 N–H and O–H groups in total. The van der Waals surface area contributed by atoms with Gasteiger partial charge in [-0.3, -0.25) is 14.5 Å². The van der Waals surface area contributed by atoms with Gasteiger partial charge < -0.3 is 4.74 Å². The summed E-state index contributed by atoms with van der Waals surface area (Å²) in [5.41, 5.74) is 0.560. The molecule has 2 rings (SSSR count). The summed E-state index contributed by atoms with van der Waals surface area (Å²) in [7, 11) is 0. The molecule has 5 heteroatoms. The van der Waals surface area contributed by atoms with Gasteiger partial charge >= 0.3 is 0 Å². The summed E-state index contributed by atoms with van der Waals surface area (Å²) in [6.45, 7) is 4.05. The molecule has 104 valence electrons. The number of likely N-dealkylation sites (tertiary alicyclic amines) is 1. The summed E-state index contributed by atoms with van der Waals surface area (Å²) >= 11 is 0. The minimum atomic E-state index is -0.252. The average molecular weight is 272 g/mol. The minimum Gasteiger partial charge on any atom is -0.492 e.